The van der Waals surface area contributed by atoms with Crippen LogP contribution in [0.25, 0.3) is 0 Å². The minimum Gasteiger partial charge on any atom is -0.341 e. The molecule has 1 aromatic carbocycles. The van der Waals surface area contributed by atoms with Crippen molar-refractivity contribution in [3.63, 3.8) is 0 Å². The van der Waals surface area contributed by atoms with E-state index < -0.39 is 16.1 Å². The molecule has 3 N–H and O–H groups in total. The number of nitrogens with zero attached hydrogens (tertiary/aromatic N) is 1. The monoisotopic (exact) mass is 379 g/mol. The third kappa shape index (κ3) is 4.27. The third-order valence-electron chi connectivity index (χ3n) is 5.91. The van der Waals surface area contributed by atoms with Crippen LogP contribution in [0.15, 0.2) is 35.2 Å². The van der Waals surface area contributed by atoms with E-state index in [0.717, 1.165) is 25.7 Å². The van der Waals surface area contributed by atoms with Crippen LogP contribution in [-0.2, 0) is 14.8 Å². The number of hydrogen-bond acceptors (Lipinski definition) is 4. The van der Waals surface area contributed by atoms with Crippen LogP contribution in [0.2, 0.25) is 0 Å². The lowest BCUT2D eigenvalue weighted by Gasteiger charge is -2.38. The van der Waals surface area contributed by atoms with Crippen molar-refractivity contribution in [1.29, 1.82) is 0 Å². The number of nitrogens with one attached hydrogen (secondary N) is 1. The lowest BCUT2D eigenvalue weighted by molar-refractivity contribution is -0.136. The zero-order valence-corrected chi connectivity index (χ0v) is 16.1. The van der Waals surface area contributed by atoms with Gasteiger partial charge in [-0.3, -0.25) is 4.79 Å². The van der Waals surface area contributed by atoms with Gasteiger partial charge in [-0.05, 0) is 63.0 Å². The van der Waals surface area contributed by atoms with Gasteiger partial charge in [0.15, 0.2) is 0 Å². The van der Waals surface area contributed by atoms with Crippen molar-refractivity contribution in [2.45, 2.75) is 68.0 Å². The Morgan fingerprint density at radius 3 is 2.27 bits per heavy atom. The molecule has 3 rings (SSSR count). The second-order valence-corrected chi connectivity index (χ2v) is 9.32. The van der Waals surface area contributed by atoms with Gasteiger partial charge in [0, 0.05) is 19.1 Å². The standard InChI is InChI=1S/C19H29N3O3S/c1-22(16-6-5-7-16)19(23)18(20)14-10-12-15(13-11-14)21-26(24,25)17-8-3-2-4-9-17/h2-4,8-9,14-16,18,21H,5-7,10-13,20H2,1H3. The molecule has 0 saturated heterocycles. The van der Waals surface area contributed by atoms with Gasteiger partial charge in [-0.1, -0.05) is 18.2 Å². The fourth-order valence-electron chi connectivity index (χ4n) is 3.87. The van der Waals surface area contributed by atoms with Gasteiger partial charge < -0.3 is 10.6 Å². The third-order valence-corrected chi connectivity index (χ3v) is 7.45. The molecule has 6 nitrogen and oxygen atoms in total. The molecular weight excluding hydrogens is 350 g/mol. The molecule has 7 heteroatoms. The maximum atomic E-state index is 12.6. The number of benzene rings is 1. The van der Waals surface area contributed by atoms with E-state index in [2.05, 4.69) is 4.72 Å². The highest BCUT2D eigenvalue weighted by Crippen LogP contribution is 2.30. The van der Waals surface area contributed by atoms with Crippen molar-refractivity contribution in [2.24, 2.45) is 11.7 Å². The van der Waals surface area contributed by atoms with Crippen molar-refractivity contribution in [3.05, 3.63) is 30.3 Å². The molecule has 2 fully saturated rings. The molecular formula is C19H29N3O3S. The van der Waals surface area contributed by atoms with E-state index in [9.17, 15) is 13.2 Å². The van der Waals surface area contributed by atoms with Crippen molar-refractivity contribution in [3.8, 4) is 0 Å². The van der Waals surface area contributed by atoms with E-state index in [1.165, 1.54) is 6.42 Å². The molecule has 0 aromatic heterocycles. The zero-order valence-electron chi connectivity index (χ0n) is 15.3. The highest BCUT2D eigenvalue weighted by Gasteiger charge is 2.35. The predicted octanol–water partition coefficient (Wildman–Crippen LogP) is 1.86. The average Bonchev–Trinajstić information content (AvgIpc) is 2.60. The van der Waals surface area contributed by atoms with Crippen LogP contribution in [-0.4, -0.2) is 44.4 Å². The molecule has 2 aliphatic carbocycles. The Bertz CT molecular complexity index is 711. The topological polar surface area (TPSA) is 92.5 Å². The molecule has 0 spiro atoms. The summed E-state index contributed by atoms with van der Waals surface area (Å²) in [7, 11) is -1.64. The Kier molecular flexibility index (Phi) is 5.99. The van der Waals surface area contributed by atoms with Crippen LogP contribution in [0.5, 0.6) is 0 Å². The van der Waals surface area contributed by atoms with Gasteiger partial charge in [0.25, 0.3) is 0 Å². The molecule has 26 heavy (non-hydrogen) atoms. The molecule has 0 heterocycles. The summed E-state index contributed by atoms with van der Waals surface area (Å²) >= 11 is 0. The van der Waals surface area contributed by atoms with E-state index >= 15 is 0 Å². The first-order valence-electron chi connectivity index (χ1n) is 9.48. The quantitative estimate of drug-likeness (QED) is 0.789. The van der Waals surface area contributed by atoms with E-state index in [-0.39, 0.29) is 22.8 Å². The molecule has 0 radical (unpaired) electrons. The van der Waals surface area contributed by atoms with Gasteiger partial charge in [0.2, 0.25) is 15.9 Å². The van der Waals surface area contributed by atoms with E-state index in [0.29, 0.717) is 18.9 Å². The van der Waals surface area contributed by atoms with Crippen molar-refractivity contribution >= 4 is 15.9 Å². The van der Waals surface area contributed by atoms with Gasteiger partial charge in [-0.15, -0.1) is 0 Å². The highest BCUT2D eigenvalue weighted by atomic mass is 32.2. The number of sulfonamides is 1. The second kappa shape index (κ2) is 8.06. The average molecular weight is 380 g/mol. The van der Waals surface area contributed by atoms with Crippen LogP contribution < -0.4 is 10.5 Å². The Balaban J connectivity index is 1.51. The van der Waals surface area contributed by atoms with Gasteiger partial charge in [-0.25, -0.2) is 13.1 Å². The number of nitrogens with two attached hydrogens (primary N) is 1. The maximum absolute atomic E-state index is 12.6. The smallest absolute Gasteiger partial charge is 0.240 e. The second-order valence-electron chi connectivity index (χ2n) is 7.61. The fourth-order valence-corrected chi connectivity index (χ4v) is 5.20. The first kappa shape index (κ1) is 19.3. The summed E-state index contributed by atoms with van der Waals surface area (Å²) < 4.78 is 27.7. The van der Waals surface area contributed by atoms with Crippen molar-refractivity contribution < 1.29 is 13.2 Å². The summed E-state index contributed by atoms with van der Waals surface area (Å²) in [4.78, 5) is 14.7. The fraction of sp³-hybridized carbons (Fsp3) is 0.632. The molecule has 1 aromatic rings. The van der Waals surface area contributed by atoms with Crippen LogP contribution in [0.3, 0.4) is 0 Å². The summed E-state index contributed by atoms with van der Waals surface area (Å²) in [5.74, 6) is 0.158. The molecule has 2 aliphatic rings. The van der Waals surface area contributed by atoms with E-state index in [1.54, 1.807) is 30.3 Å². The number of carbonyl (C=O) groups is 1. The van der Waals surface area contributed by atoms with Crippen LogP contribution in [0, 0.1) is 5.92 Å². The Morgan fingerprint density at radius 2 is 1.73 bits per heavy atom. The number of hydrogen-bond donors (Lipinski definition) is 2. The number of amides is 1. The highest BCUT2D eigenvalue weighted by molar-refractivity contribution is 7.89. The van der Waals surface area contributed by atoms with Crippen LogP contribution >= 0.6 is 0 Å². The van der Waals surface area contributed by atoms with Crippen LogP contribution in [0.1, 0.15) is 44.9 Å². The molecule has 0 bridgehead atoms. The first-order valence-corrected chi connectivity index (χ1v) is 11.0. The first-order chi connectivity index (χ1) is 12.4. The van der Waals surface area contributed by atoms with Crippen molar-refractivity contribution in [1.82, 2.24) is 9.62 Å². The molecule has 2 saturated carbocycles. The van der Waals surface area contributed by atoms with Gasteiger partial charge in [0.05, 0.1) is 10.9 Å². The number of carbonyl (C=O) groups excluding carboxylic acids is 1. The molecule has 1 atom stereocenters. The Hall–Kier alpha value is -1.44. The summed E-state index contributed by atoms with van der Waals surface area (Å²) in [6.45, 7) is 0. The molecule has 0 aliphatic heterocycles. The minimum atomic E-state index is -3.49. The lowest BCUT2D eigenvalue weighted by atomic mass is 9.81. The van der Waals surface area contributed by atoms with Crippen LogP contribution in [0.4, 0.5) is 0 Å². The summed E-state index contributed by atoms with van der Waals surface area (Å²) in [5.41, 5.74) is 6.24. The predicted molar refractivity (Wildman–Crippen MR) is 101 cm³/mol. The van der Waals surface area contributed by atoms with E-state index in [4.69, 9.17) is 5.73 Å². The lowest BCUT2D eigenvalue weighted by Crippen LogP contribution is -2.52. The zero-order chi connectivity index (χ0) is 18.7. The van der Waals surface area contributed by atoms with Gasteiger partial charge >= 0.3 is 0 Å². The Morgan fingerprint density at radius 1 is 1.12 bits per heavy atom. The number of rotatable bonds is 6. The minimum absolute atomic E-state index is 0.0306. The largest absolute Gasteiger partial charge is 0.341 e. The SMILES string of the molecule is CN(C(=O)C(N)C1CCC(NS(=O)(=O)c2ccccc2)CC1)C1CCC1. The molecule has 1 unspecified atom stereocenters. The summed E-state index contributed by atoms with van der Waals surface area (Å²) in [6, 6.07) is 8.20. The summed E-state index contributed by atoms with van der Waals surface area (Å²) in [6.07, 6.45) is 6.30. The summed E-state index contributed by atoms with van der Waals surface area (Å²) in [5, 5.41) is 0. The van der Waals surface area contributed by atoms with Crippen molar-refractivity contribution in [2.75, 3.05) is 7.05 Å². The molecule has 144 valence electrons. The molecule has 1 amide bonds. The Labute approximate surface area is 156 Å². The van der Waals surface area contributed by atoms with Gasteiger partial charge in [0.1, 0.15) is 0 Å². The normalized spacial score (nSPS) is 25.3. The van der Waals surface area contributed by atoms with Gasteiger partial charge in [-0.2, -0.15) is 0 Å². The number of likely N-dealkylation sites (N-methyl/N-ethyl adjacent to an activating group) is 1. The van der Waals surface area contributed by atoms with E-state index in [1.807, 2.05) is 11.9 Å². The maximum Gasteiger partial charge on any atom is 0.240 e.